The summed E-state index contributed by atoms with van der Waals surface area (Å²) in [5.74, 6) is 2.87. The van der Waals surface area contributed by atoms with Crippen LogP contribution in [0.25, 0.3) is 0 Å². The molecule has 584 valence electrons. The third kappa shape index (κ3) is 26.7. The van der Waals surface area contributed by atoms with Crippen molar-refractivity contribution < 1.29 is 10.2 Å². The van der Waals surface area contributed by atoms with Gasteiger partial charge in [-0.05, 0) is 270 Å². The van der Waals surface area contributed by atoms with Gasteiger partial charge in [0.15, 0.2) is 0 Å². The van der Waals surface area contributed by atoms with Crippen LogP contribution in [0.4, 0.5) is 5.69 Å². The first-order valence-corrected chi connectivity index (χ1v) is 41.7. The van der Waals surface area contributed by atoms with Crippen molar-refractivity contribution in [1.82, 2.24) is 0 Å². The van der Waals surface area contributed by atoms with Crippen molar-refractivity contribution in [3.8, 4) is 11.5 Å². The molecule has 0 aromatic heterocycles. The van der Waals surface area contributed by atoms with Crippen LogP contribution in [-0.4, -0.2) is 16.3 Å². The molecular formula is C107H139NO2. The monoisotopic (exact) mass is 1470 g/mol. The first kappa shape index (κ1) is 85.6. The maximum absolute atomic E-state index is 11.7. The maximum atomic E-state index is 11.7. The summed E-state index contributed by atoms with van der Waals surface area (Å²) < 4.78 is 0. The van der Waals surface area contributed by atoms with Gasteiger partial charge in [0.25, 0.3) is 0 Å². The molecule has 10 rings (SSSR count). The third-order valence-corrected chi connectivity index (χ3v) is 22.1. The van der Waals surface area contributed by atoms with Gasteiger partial charge in [-0.2, -0.15) is 0 Å². The van der Waals surface area contributed by atoms with Crippen LogP contribution in [-0.2, 0) is 92.4 Å². The minimum atomic E-state index is -0.154. The molecule has 0 spiro atoms. The number of phenols is 2. The van der Waals surface area contributed by atoms with E-state index in [2.05, 4.69) is 383 Å². The van der Waals surface area contributed by atoms with Crippen LogP contribution in [0.5, 0.6) is 11.5 Å². The number of aryl methyl sites for hydroxylation is 2. The highest BCUT2D eigenvalue weighted by Gasteiger charge is 2.29. The van der Waals surface area contributed by atoms with E-state index in [1.54, 1.807) is 0 Å². The van der Waals surface area contributed by atoms with Crippen molar-refractivity contribution in [2.75, 3.05) is 4.90 Å². The molecule has 0 fully saturated rings. The number of nitrogens with zero attached hydrogens (tertiary/aromatic N) is 1. The zero-order valence-electron chi connectivity index (χ0n) is 72.3. The fourth-order valence-electron chi connectivity index (χ4n) is 16.3. The summed E-state index contributed by atoms with van der Waals surface area (Å²) >= 11 is 0. The average molecular weight is 1470 g/mol. The Morgan fingerprint density at radius 3 is 0.782 bits per heavy atom. The Bertz CT molecular complexity index is 4490. The van der Waals surface area contributed by atoms with E-state index < -0.39 is 0 Å². The Hall–Kier alpha value is -8.40. The molecule has 3 atom stereocenters. The van der Waals surface area contributed by atoms with Crippen LogP contribution in [0.15, 0.2) is 218 Å². The van der Waals surface area contributed by atoms with Gasteiger partial charge in [0, 0.05) is 23.8 Å². The molecular weight excluding hydrogens is 1330 g/mol. The minimum Gasteiger partial charge on any atom is -0.507 e. The SMILES string of the molecule is CC(C)CC(C)N(Cc1cc(C(C)(C)C)cc(C(C)(C)C)c1O)c1ccc(Cc2ccc(Cc3ccc(Cc4ccc(CC(C)CC(C)(C)C)cc4)cc3)cc2)cc1.CC(Cc1ccc(Cc2ccc(Cc3ccc(Cc4ccc(CCc5cc(C(C)(C)C)cc(C(C)(C)C)c5O)cc4)cc3)cc2)cc1)CC(C)(C)C. The first-order chi connectivity index (χ1) is 51.5. The van der Waals surface area contributed by atoms with Crippen LogP contribution in [0.1, 0.15) is 295 Å². The van der Waals surface area contributed by atoms with Gasteiger partial charge in [-0.1, -0.05) is 353 Å². The van der Waals surface area contributed by atoms with Gasteiger partial charge in [-0.3, -0.25) is 0 Å². The van der Waals surface area contributed by atoms with Crippen molar-refractivity contribution in [3.63, 3.8) is 0 Å². The Balaban J connectivity index is 0.000000255. The molecule has 0 saturated heterocycles. The van der Waals surface area contributed by atoms with Gasteiger partial charge in [-0.15, -0.1) is 0 Å². The second-order valence-electron chi connectivity index (χ2n) is 40.3. The number of phenolic OH excluding ortho intramolecular Hbond substituents is 2. The number of rotatable bonds is 27. The number of aromatic hydroxyl groups is 2. The standard InChI is InChI=1S/C56H75NO.C51H64O/c1-39(2)30-41(4)57(38-49-35-50(55(8,9)10)36-52(53(49)58)56(11,12)13)51-28-26-48(27-29-51)34-47-24-22-46(23-25-47)33-45-20-18-44(19-21-45)32-43-16-14-42(15-17-43)31-40(3)37-54(5,6)7;1-36(35-49(2,3)4)29-38-15-17-40(18-16-38)31-42-23-25-44(26-24-42)32-43-21-19-41(20-22-43)30-39-13-11-37(12-14-39)27-28-45-33-46(50(5,6)7)34-47(48(45)52)51(8,9)10/h14-29,35-36,39-41,58H,30-34,37-38H2,1-13H3;11-26,33-34,36,52H,27-32,35H2,1-10H3. The van der Waals surface area contributed by atoms with E-state index in [0.29, 0.717) is 52.7 Å². The van der Waals surface area contributed by atoms with Gasteiger partial charge in [0.1, 0.15) is 11.5 Å². The molecule has 0 bridgehead atoms. The molecule has 10 aromatic rings. The van der Waals surface area contributed by atoms with Crippen molar-refractivity contribution in [2.24, 2.45) is 28.6 Å². The molecule has 0 aliphatic rings. The average Bonchev–Trinajstić information content (AvgIpc) is 0.785. The highest BCUT2D eigenvalue weighted by molar-refractivity contribution is 5.55. The highest BCUT2D eigenvalue weighted by Crippen LogP contribution is 2.42. The van der Waals surface area contributed by atoms with E-state index in [1.165, 1.54) is 113 Å². The van der Waals surface area contributed by atoms with E-state index in [0.717, 1.165) is 92.9 Å². The fourth-order valence-corrected chi connectivity index (χ4v) is 16.3. The quantitative estimate of drug-likeness (QED) is 0.0539. The lowest BCUT2D eigenvalue weighted by atomic mass is 9.78. The molecule has 0 aliphatic heterocycles. The predicted molar refractivity (Wildman–Crippen MR) is 476 cm³/mol. The molecule has 0 radical (unpaired) electrons. The van der Waals surface area contributed by atoms with E-state index in [1.807, 2.05) is 0 Å². The van der Waals surface area contributed by atoms with E-state index in [4.69, 9.17) is 0 Å². The summed E-state index contributed by atoms with van der Waals surface area (Å²) in [5, 5.41) is 22.9. The van der Waals surface area contributed by atoms with Crippen LogP contribution >= 0.6 is 0 Å². The highest BCUT2D eigenvalue weighted by atomic mass is 16.3. The van der Waals surface area contributed by atoms with Gasteiger partial charge < -0.3 is 15.1 Å². The van der Waals surface area contributed by atoms with Crippen molar-refractivity contribution in [3.05, 3.63) is 335 Å². The summed E-state index contributed by atoms with van der Waals surface area (Å²) in [5.41, 5.74) is 28.7. The second-order valence-corrected chi connectivity index (χ2v) is 40.3. The largest absolute Gasteiger partial charge is 0.507 e. The number of benzene rings is 10. The molecule has 0 saturated carbocycles. The molecule has 3 heteroatoms. The smallest absolute Gasteiger partial charge is 0.124 e. The summed E-state index contributed by atoms with van der Waals surface area (Å²) in [6.07, 6.45) is 13.3. The number of hydrogen-bond donors (Lipinski definition) is 2. The second kappa shape index (κ2) is 36.8. The molecule has 0 amide bonds. The summed E-state index contributed by atoms with van der Waals surface area (Å²) in [6.45, 7) is 53.0. The number of hydrogen-bond acceptors (Lipinski definition) is 3. The normalized spacial score (nSPS) is 13.2. The van der Waals surface area contributed by atoms with E-state index in [9.17, 15) is 10.2 Å². The fraction of sp³-hybridized carbons (Fsp3) is 0.439. The number of anilines is 1. The Labute approximate surface area is 668 Å². The Morgan fingerprint density at radius 2 is 0.527 bits per heavy atom. The van der Waals surface area contributed by atoms with Crippen molar-refractivity contribution in [1.29, 1.82) is 0 Å². The van der Waals surface area contributed by atoms with Crippen LogP contribution in [0.2, 0.25) is 0 Å². The molecule has 3 nitrogen and oxygen atoms in total. The zero-order chi connectivity index (χ0) is 80.1. The van der Waals surface area contributed by atoms with E-state index in [-0.39, 0.29) is 21.7 Å². The lowest BCUT2D eigenvalue weighted by Crippen LogP contribution is -2.34. The lowest BCUT2D eigenvalue weighted by Gasteiger charge is -2.34. The predicted octanol–water partition coefficient (Wildman–Crippen LogP) is 28.0. The summed E-state index contributed by atoms with van der Waals surface area (Å²) in [6, 6.07) is 82.6. The minimum absolute atomic E-state index is 0.0127. The molecule has 3 unspecified atom stereocenters. The van der Waals surface area contributed by atoms with Crippen LogP contribution in [0.3, 0.4) is 0 Å². The van der Waals surface area contributed by atoms with Gasteiger partial charge >= 0.3 is 0 Å². The van der Waals surface area contributed by atoms with Gasteiger partial charge in [0.05, 0.1) is 0 Å². The first-order valence-electron chi connectivity index (χ1n) is 41.7. The van der Waals surface area contributed by atoms with Gasteiger partial charge in [0.2, 0.25) is 0 Å². The molecule has 2 N–H and O–H groups in total. The van der Waals surface area contributed by atoms with Crippen LogP contribution < -0.4 is 4.90 Å². The van der Waals surface area contributed by atoms with E-state index >= 15 is 0 Å². The molecule has 0 heterocycles. The van der Waals surface area contributed by atoms with Crippen LogP contribution in [0, 0.1) is 28.6 Å². The zero-order valence-corrected chi connectivity index (χ0v) is 72.3. The summed E-state index contributed by atoms with van der Waals surface area (Å²) in [7, 11) is 0. The Morgan fingerprint density at radius 1 is 0.282 bits per heavy atom. The molecule has 0 aliphatic carbocycles. The topological polar surface area (TPSA) is 43.7 Å². The Kier molecular flexibility index (Phi) is 28.7. The lowest BCUT2D eigenvalue weighted by molar-refractivity contribution is 0.306. The van der Waals surface area contributed by atoms with Crippen molar-refractivity contribution >= 4 is 5.69 Å². The van der Waals surface area contributed by atoms with Gasteiger partial charge in [-0.25, -0.2) is 0 Å². The summed E-state index contributed by atoms with van der Waals surface area (Å²) in [4.78, 5) is 2.49. The molecule has 110 heavy (non-hydrogen) atoms. The molecule has 10 aromatic carbocycles. The third-order valence-electron chi connectivity index (χ3n) is 22.1. The maximum Gasteiger partial charge on any atom is 0.124 e. The van der Waals surface area contributed by atoms with Crippen molar-refractivity contribution in [2.45, 2.75) is 277 Å².